The number of hydrogen-bond acceptors (Lipinski definition) is 2. The summed E-state index contributed by atoms with van der Waals surface area (Å²) in [5.74, 6) is 0.402. The van der Waals surface area contributed by atoms with Crippen LogP contribution < -0.4 is 0 Å². The van der Waals surface area contributed by atoms with Crippen LogP contribution in [0.1, 0.15) is 31.2 Å². The molecule has 0 N–H and O–H groups in total. The van der Waals surface area contributed by atoms with E-state index in [4.69, 9.17) is 11.6 Å². The predicted molar refractivity (Wildman–Crippen MR) is 70.2 cm³/mol. The zero-order chi connectivity index (χ0) is 12.3. The second-order valence-corrected chi connectivity index (χ2v) is 5.27. The molecule has 2 rings (SSSR count). The van der Waals surface area contributed by atoms with Crippen molar-refractivity contribution in [2.24, 2.45) is 0 Å². The minimum atomic E-state index is 0.398. The van der Waals surface area contributed by atoms with Gasteiger partial charge in [-0.05, 0) is 37.6 Å². The Bertz CT molecular complexity index is 405. The SMILES string of the molecule is CN(Cc1cccc(Cl)c1)C1CCCC(=O)C1. The van der Waals surface area contributed by atoms with Gasteiger partial charge in [0.2, 0.25) is 0 Å². The number of Topliss-reactive ketones (excluding diaryl/α,β-unsaturated/α-hetero) is 1. The van der Waals surface area contributed by atoms with Crippen LogP contribution in [-0.2, 0) is 11.3 Å². The summed E-state index contributed by atoms with van der Waals surface area (Å²) in [5, 5.41) is 0.774. The van der Waals surface area contributed by atoms with Crippen LogP contribution in [0.5, 0.6) is 0 Å². The minimum Gasteiger partial charge on any atom is -0.300 e. The molecule has 0 radical (unpaired) electrons. The second kappa shape index (κ2) is 5.65. The number of halogens is 1. The van der Waals surface area contributed by atoms with E-state index in [1.54, 1.807) is 0 Å². The molecule has 0 heterocycles. The summed E-state index contributed by atoms with van der Waals surface area (Å²) in [4.78, 5) is 13.7. The molecule has 1 aliphatic rings. The van der Waals surface area contributed by atoms with Gasteiger partial charge in [0.25, 0.3) is 0 Å². The topological polar surface area (TPSA) is 20.3 Å². The Morgan fingerprint density at radius 1 is 1.47 bits per heavy atom. The molecule has 1 saturated carbocycles. The van der Waals surface area contributed by atoms with Gasteiger partial charge in [0, 0.05) is 30.5 Å². The van der Waals surface area contributed by atoms with Gasteiger partial charge in [0.1, 0.15) is 5.78 Å². The van der Waals surface area contributed by atoms with Gasteiger partial charge in [-0.2, -0.15) is 0 Å². The Hall–Kier alpha value is -0.860. The standard InChI is InChI=1S/C14H18ClNO/c1-16(13-6-3-7-14(17)9-13)10-11-4-2-5-12(15)8-11/h2,4-5,8,13H,3,6-7,9-10H2,1H3. The fourth-order valence-electron chi connectivity index (χ4n) is 2.43. The van der Waals surface area contributed by atoms with Gasteiger partial charge in [-0.15, -0.1) is 0 Å². The van der Waals surface area contributed by atoms with Crippen molar-refractivity contribution in [1.82, 2.24) is 4.90 Å². The van der Waals surface area contributed by atoms with Gasteiger partial charge in [-0.1, -0.05) is 23.7 Å². The Balaban J connectivity index is 1.96. The van der Waals surface area contributed by atoms with Crippen LogP contribution in [0.15, 0.2) is 24.3 Å². The van der Waals surface area contributed by atoms with E-state index in [9.17, 15) is 4.79 Å². The van der Waals surface area contributed by atoms with E-state index in [1.165, 1.54) is 5.56 Å². The van der Waals surface area contributed by atoms with Crippen molar-refractivity contribution in [2.45, 2.75) is 38.3 Å². The van der Waals surface area contributed by atoms with Crippen LogP contribution in [0.4, 0.5) is 0 Å². The molecule has 3 heteroatoms. The van der Waals surface area contributed by atoms with Crippen molar-refractivity contribution in [3.05, 3.63) is 34.9 Å². The monoisotopic (exact) mass is 251 g/mol. The summed E-state index contributed by atoms with van der Waals surface area (Å²) < 4.78 is 0. The van der Waals surface area contributed by atoms with Gasteiger partial charge in [0.05, 0.1) is 0 Å². The summed E-state index contributed by atoms with van der Waals surface area (Å²) in [6.07, 6.45) is 3.63. The van der Waals surface area contributed by atoms with E-state index in [1.807, 2.05) is 18.2 Å². The van der Waals surface area contributed by atoms with E-state index in [2.05, 4.69) is 18.0 Å². The van der Waals surface area contributed by atoms with E-state index < -0.39 is 0 Å². The zero-order valence-electron chi connectivity index (χ0n) is 10.2. The quantitative estimate of drug-likeness (QED) is 0.822. The van der Waals surface area contributed by atoms with Crippen LogP contribution in [0, 0.1) is 0 Å². The summed E-state index contributed by atoms with van der Waals surface area (Å²) in [6, 6.07) is 8.32. The lowest BCUT2D eigenvalue weighted by atomic mass is 9.93. The number of hydrogen-bond donors (Lipinski definition) is 0. The van der Waals surface area contributed by atoms with Gasteiger partial charge in [-0.3, -0.25) is 9.69 Å². The number of carbonyl (C=O) groups is 1. The fourth-order valence-corrected chi connectivity index (χ4v) is 2.64. The van der Waals surface area contributed by atoms with Crippen LogP contribution in [0.2, 0.25) is 5.02 Å². The third-order valence-corrected chi connectivity index (χ3v) is 3.64. The average molecular weight is 252 g/mol. The molecule has 0 aliphatic heterocycles. The largest absolute Gasteiger partial charge is 0.300 e. The molecular formula is C14H18ClNO. The maximum atomic E-state index is 11.4. The molecule has 1 aliphatic carbocycles. The highest BCUT2D eigenvalue weighted by molar-refractivity contribution is 6.30. The molecule has 0 aromatic heterocycles. The molecule has 1 aromatic rings. The van der Waals surface area contributed by atoms with E-state index in [0.717, 1.165) is 30.8 Å². The minimum absolute atomic E-state index is 0.398. The Morgan fingerprint density at radius 2 is 2.29 bits per heavy atom. The third-order valence-electron chi connectivity index (χ3n) is 3.40. The summed E-state index contributed by atoms with van der Waals surface area (Å²) in [7, 11) is 2.09. The summed E-state index contributed by atoms with van der Waals surface area (Å²) in [6.45, 7) is 0.860. The molecule has 1 aromatic carbocycles. The van der Waals surface area contributed by atoms with Crippen LogP contribution in [-0.4, -0.2) is 23.8 Å². The first-order chi connectivity index (χ1) is 8.15. The Labute approximate surface area is 108 Å². The fraction of sp³-hybridized carbons (Fsp3) is 0.500. The molecule has 1 fully saturated rings. The highest BCUT2D eigenvalue weighted by atomic mass is 35.5. The number of carbonyl (C=O) groups excluding carboxylic acids is 1. The number of rotatable bonds is 3. The highest BCUT2D eigenvalue weighted by Gasteiger charge is 2.22. The maximum absolute atomic E-state index is 11.4. The van der Waals surface area contributed by atoms with Crippen LogP contribution in [0.25, 0.3) is 0 Å². The normalized spacial score (nSPS) is 20.9. The van der Waals surface area contributed by atoms with Crippen molar-refractivity contribution in [2.75, 3.05) is 7.05 Å². The molecule has 2 nitrogen and oxygen atoms in total. The lowest BCUT2D eigenvalue weighted by Crippen LogP contribution is -2.35. The van der Waals surface area contributed by atoms with Gasteiger partial charge in [0.15, 0.2) is 0 Å². The van der Waals surface area contributed by atoms with Crippen molar-refractivity contribution >= 4 is 17.4 Å². The lowest BCUT2D eigenvalue weighted by Gasteiger charge is -2.30. The molecule has 92 valence electrons. The van der Waals surface area contributed by atoms with Crippen molar-refractivity contribution in [1.29, 1.82) is 0 Å². The van der Waals surface area contributed by atoms with Crippen molar-refractivity contribution in [3.8, 4) is 0 Å². The van der Waals surface area contributed by atoms with E-state index >= 15 is 0 Å². The Kier molecular flexibility index (Phi) is 4.19. The average Bonchev–Trinajstić information content (AvgIpc) is 2.29. The Morgan fingerprint density at radius 3 is 3.00 bits per heavy atom. The van der Waals surface area contributed by atoms with Crippen molar-refractivity contribution < 1.29 is 4.79 Å². The van der Waals surface area contributed by atoms with Crippen molar-refractivity contribution in [3.63, 3.8) is 0 Å². The maximum Gasteiger partial charge on any atom is 0.134 e. The second-order valence-electron chi connectivity index (χ2n) is 4.83. The molecule has 1 unspecified atom stereocenters. The molecule has 1 atom stereocenters. The van der Waals surface area contributed by atoms with E-state index in [0.29, 0.717) is 18.2 Å². The number of benzene rings is 1. The van der Waals surface area contributed by atoms with Gasteiger partial charge < -0.3 is 0 Å². The van der Waals surface area contributed by atoms with E-state index in [-0.39, 0.29) is 0 Å². The zero-order valence-corrected chi connectivity index (χ0v) is 10.9. The first-order valence-corrected chi connectivity index (χ1v) is 6.49. The smallest absolute Gasteiger partial charge is 0.134 e. The first kappa shape index (κ1) is 12.6. The summed E-state index contributed by atoms with van der Waals surface area (Å²) >= 11 is 5.96. The molecule has 0 spiro atoms. The predicted octanol–water partition coefficient (Wildman–Crippen LogP) is 3.28. The third kappa shape index (κ3) is 3.55. The van der Waals surface area contributed by atoms with Gasteiger partial charge >= 0.3 is 0 Å². The van der Waals surface area contributed by atoms with Crippen LogP contribution in [0.3, 0.4) is 0 Å². The lowest BCUT2D eigenvalue weighted by molar-refractivity contribution is -0.121. The molecular weight excluding hydrogens is 234 g/mol. The number of nitrogens with zero attached hydrogens (tertiary/aromatic N) is 1. The molecule has 17 heavy (non-hydrogen) atoms. The molecule has 0 bridgehead atoms. The van der Waals surface area contributed by atoms with Gasteiger partial charge in [-0.25, -0.2) is 0 Å². The first-order valence-electron chi connectivity index (χ1n) is 6.11. The number of ketones is 1. The summed E-state index contributed by atoms with van der Waals surface area (Å²) in [5.41, 5.74) is 1.21. The molecule has 0 amide bonds. The van der Waals surface area contributed by atoms with Crippen LogP contribution >= 0.6 is 11.6 Å². The highest BCUT2D eigenvalue weighted by Crippen LogP contribution is 2.21. The molecule has 0 saturated heterocycles.